The minimum absolute atomic E-state index is 0.302. The Morgan fingerprint density at radius 3 is 1.98 bits per heavy atom. The molecule has 0 amide bonds. The van der Waals surface area contributed by atoms with Gasteiger partial charge in [0.1, 0.15) is 4.83 Å². The summed E-state index contributed by atoms with van der Waals surface area (Å²) in [4.78, 5) is 19.1. The molecule has 1 aliphatic heterocycles. The van der Waals surface area contributed by atoms with E-state index >= 15 is 0 Å². The highest BCUT2D eigenvalue weighted by molar-refractivity contribution is 7.26. The first-order valence-electron chi connectivity index (χ1n) is 17.3. The van der Waals surface area contributed by atoms with E-state index in [2.05, 4.69) is 158 Å². The molecule has 0 spiro atoms. The zero-order chi connectivity index (χ0) is 34.1. The fourth-order valence-electron chi connectivity index (χ4n) is 7.96. The predicted molar refractivity (Wildman–Crippen MR) is 213 cm³/mol. The van der Waals surface area contributed by atoms with Crippen LogP contribution in [-0.2, 0) is 5.41 Å². The van der Waals surface area contributed by atoms with Gasteiger partial charge in [-0.3, -0.25) is 4.90 Å². The quantitative estimate of drug-likeness (QED) is 0.187. The maximum Gasteiger partial charge on any atom is 0.235 e. The Labute approximate surface area is 300 Å². The third-order valence-corrected chi connectivity index (χ3v) is 11.4. The van der Waals surface area contributed by atoms with E-state index in [-0.39, 0.29) is 5.41 Å². The molecule has 51 heavy (non-hydrogen) atoms. The molecule has 4 heterocycles. The molecule has 10 rings (SSSR count). The summed E-state index contributed by atoms with van der Waals surface area (Å²) in [5, 5.41) is 4.89. The van der Waals surface area contributed by atoms with E-state index < -0.39 is 0 Å². The molecule has 3 aromatic heterocycles. The van der Waals surface area contributed by atoms with Crippen LogP contribution in [0.2, 0.25) is 0 Å². The second-order valence-corrected chi connectivity index (χ2v) is 14.7. The zero-order valence-electron chi connectivity index (χ0n) is 28.2. The molecule has 5 heteroatoms. The fraction of sp³-hybridized carbons (Fsp3) is 0.0652. The molecular weight excluding hydrogens is 641 g/mol. The summed E-state index contributed by atoms with van der Waals surface area (Å²) in [7, 11) is 0. The van der Waals surface area contributed by atoms with E-state index in [9.17, 15) is 0 Å². The molecule has 1 aliphatic rings. The number of pyridine rings is 1. The van der Waals surface area contributed by atoms with Crippen molar-refractivity contribution in [2.75, 3.05) is 4.90 Å². The average molecular weight is 673 g/mol. The van der Waals surface area contributed by atoms with E-state index in [1.165, 1.54) is 42.9 Å². The topological polar surface area (TPSA) is 41.9 Å². The van der Waals surface area contributed by atoms with E-state index in [1.54, 1.807) is 11.3 Å². The zero-order valence-corrected chi connectivity index (χ0v) is 29.0. The Bertz CT molecular complexity index is 2790. The lowest BCUT2D eigenvalue weighted by molar-refractivity contribution is 0.638. The molecule has 4 nitrogen and oxygen atoms in total. The molecule has 0 bridgehead atoms. The van der Waals surface area contributed by atoms with E-state index in [1.807, 2.05) is 18.3 Å². The summed E-state index contributed by atoms with van der Waals surface area (Å²) in [5.74, 6) is 0.641. The molecule has 242 valence electrons. The van der Waals surface area contributed by atoms with Gasteiger partial charge >= 0.3 is 0 Å². The lowest BCUT2D eigenvalue weighted by atomic mass is 9.71. The van der Waals surface area contributed by atoms with Gasteiger partial charge < -0.3 is 0 Å². The number of benzene rings is 6. The van der Waals surface area contributed by atoms with Gasteiger partial charge in [-0.1, -0.05) is 135 Å². The van der Waals surface area contributed by atoms with Gasteiger partial charge in [-0.25, -0.2) is 15.0 Å². The first-order valence-corrected chi connectivity index (χ1v) is 18.1. The Morgan fingerprint density at radius 2 is 1.18 bits per heavy atom. The molecular formula is C46H32N4S. The van der Waals surface area contributed by atoms with E-state index in [0.29, 0.717) is 5.95 Å². The van der Waals surface area contributed by atoms with E-state index in [0.717, 1.165) is 44.3 Å². The highest BCUT2D eigenvalue weighted by Gasteiger charge is 2.41. The number of hydrogen-bond acceptors (Lipinski definition) is 5. The molecule has 0 fully saturated rings. The SMILES string of the molecule is CC1(C)c2ccccc2N(c2nc(-c3ccccc3)cc(-c3cccc(-c4ccccc4)c3)n2)c2c1c1ccccc1c1c2sc2ncccc21. The number of para-hydroxylation sites is 1. The van der Waals surface area contributed by atoms with Gasteiger partial charge in [0.25, 0.3) is 0 Å². The Morgan fingerprint density at radius 1 is 0.549 bits per heavy atom. The number of hydrogen-bond donors (Lipinski definition) is 0. The minimum Gasteiger partial charge on any atom is -0.277 e. The number of fused-ring (bicyclic) bond motifs is 9. The second-order valence-electron chi connectivity index (χ2n) is 13.7. The summed E-state index contributed by atoms with van der Waals surface area (Å²) in [5.41, 5.74) is 10.6. The Hall–Kier alpha value is -6.17. The summed E-state index contributed by atoms with van der Waals surface area (Å²) in [6.07, 6.45) is 1.89. The van der Waals surface area contributed by atoms with Gasteiger partial charge in [-0.2, -0.15) is 0 Å². The lowest BCUT2D eigenvalue weighted by Gasteiger charge is -2.42. The number of anilines is 3. The molecule has 0 unspecified atom stereocenters. The molecule has 9 aromatic rings. The van der Waals surface area contributed by atoms with Gasteiger partial charge in [-0.15, -0.1) is 11.3 Å². The van der Waals surface area contributed by atoms with Crippen LogP contribution < -0.4 is 4.90 Å². The summed E-state index contributed by atoms with van der Waals surface area (Å²) in [6, 6.07) is 53.6. The fourth-order valence-corrected chi connectivity index (χ4v) is 9.16. The third-order valence-electron chi connectivity index (χ3n) is 10.3. The maximum absolute atomic E-state index is 5.48. The van der Waals surface area contributed by atoms with Gasteiger partial charge in [-0.05, 0) is 63.4 Å². The van der Waals surface area contributed by atoms with Crippen molar-refractivity contribution in [2.24, 2.45) is 0 Å². The number of nitrogens with zero attached hydrogens (tertiary/aromatic N) is 4. The smallest absolute Gasteiger partial charge is 0.235 e. The normalized spacial score (nSPS) is 13.4. The molecule has 6 aromatic carbocycles. The van der Waals surface area contributed by atoms with Crippen LogP contribution in [0.1, 0.15) is 25.0 Å². The van der Waals surface area contributed by atoms with Gasteiger partial charge in [0.05, 0.1) is 27.5 Å². The van der Waals surface area contributed by atoms with Gasteiger partial charge in [0.2, 0.25) is 5.95 Å². The van der Waals surface area contributed by atoms with Crippen LogP contribution in [0, 0.1) is 0 Å². The third kappa shape index (κ3) is 4.62. The minimum atomic E-state index is -0.302. The van der Waals surface area contributed by atoms with Crippen LogP contribution in [0.4, 0.5) is 17.3 Å². The number of rotatable bonds is 4. The summed E-state index contributed by atoms with van der Waals surface area (Å²) < 4.78 is 1.20. The monoisotopic (exact) mass is 672 g/mol. The first kappa shape index (κ1) is 29.7. The van der Waals surface area contributed by atoms with Crippen LogP contribution in [0.3, 0.4) is 0 Å². The Kier molecular flexibility index (Phi) is 6.67. The van der Waals surface area contributed by atoms with Gasteiger partial charge in [0, 0.05) is 33.5 Å². The molecule has 0 radical (unpaired) electrons. The van der Waals surface area contributed by atoms with Crippen molar-refractivity contribution in [1.29, 1.82) is 0 Å². The standard InChI is InChI=1S/C46H32N4S/c1-46(2)36-24-11-12-25-39(36)50(42-41(46)34-22-10-9-21-33(34)40-35-23-14-26-47-44(35)51-43(40)42)45-48-37(30-17-7-4-8-18-30)28-38(49-45)32-20-13-19-31(27-32)29-15-5-3-6-16-29/h3-28H,1-2H3. The second kappa shape index (κ2) is 11.4. The number of thiophene rings is 1. The number of aromatic nitrogens is 3. The van der Waals surface area contributed by atoms with Crippen LogP contribution in [0.15, 0.2) is 158 Å². The van der Waals surface area contributed by atoms with Crippen molar-refractivity contribution in [2.45, 2.75) is 19.3 Å². The first-order chi connectivity index (χ1) is 25.1. The van der Waals surface area contributed by atoms with Crippen molar-refractivity contribution in [3.05, 3.63) is 169 Å². The molecule has 0 N–H and O–H groups in total. The predicted octanol–water partition coefficient (Wildman–Crippen LogP) is 12.5. The van der Waals surface area contributed by atoms with Crippen molar-refractivity contribution < 1.29 is 0 Å². The highest BCUT2D eigenvalue weighted by Crippen LogP contribution is 2.58. The van der Waals surface area contributed by atoms with Crippen molar-refractivity contribution in [3.8, 4) is 33.6 Å². The molecule has 0 aliphatic carbocycles. The van der Waals surface area contributed by atoms with Crippen molar-refractivity contribution >= 4 is 59.7 Å². The van der Waals surface area contributed by atoms with Crippen LogP contribution in [0.25, 0.3) is 64.7 Å². The highest BCUT2D eigenvalue weighted by atomic mass is 32.1. The average Bonchev–Trinajstić information content (AvgIpc) is 3.59. The summed E-state index contributed by atoms with van der Waals surface area (Å²) >= 11 is 1.76. The van der Waals surface area contributed by atoms with Gasteiger partial charge in [0.15, 0.2) is 0 Å². The Balaban J connectivity index is 1.32. The van der Waals surface area contributed by atoms with Crippen LogP contribution in [-0.4, -0.2) is 15.0 Å². The molecule has 0 saturated heterocycles. The van der Waals surface area contributed by atoms with Crippen molar-refractivity contribution in [1.82, 2.24) is 15.0 Å². The van der Waals surface area contributed by atoms with E-state index in [4.69, 9.17) is 15.0 Å². The largest absolute Gasteiger partial charge is 0.277 e. The summed E-state index contributed by atoms with van der Waals surface area (Å²) in [6.45, 7) is 4.71. The van der Waals surface area contributed by atoms with Crippen LogP contribution in [0.5, 0.6) is 0 Å². The molecule has 0 saturated carbocycles. The van der Waals surface area contributed by atoms with Crippen molar-refractivity contribution in [3.63, 3.8) is 0 Å². The maximum atomic E-state index is 5.48. The molecule has 0 atom stereocenters. The lowest BCUT2D eigenvalue weighted by Crippen LogP contribution is -2.32. The van der Waals surface area contributed by atoms with Crippen LogP contribution >= 0.6 is 11.3 Å².